The maximum Gasteiger partial charge on any atom is 0.270 e. The van der Waals surface area contributed by atoms with Gasteiger partial charge in [-0.2, -0.15) is 5.10 Å². The summed E-state index contributed by atoms with van der Waals surface area (Å²) in [7, 11) is 0. The second-order valence-electron chi connectivity index (χ2n) is 6.24. The summed E-state index contributed by atoms with van der Waals surface area (Å²) in [4.78, 5) is 12.1. The number of hydrogen-bond donors (Lipinski definition) is 1. The zero-order valence-electron chi connectivity index (χ0n) is 13.0. The lowest BCUT2D eigenvalue weighted by Gasteiger charge is -2.21. The number of aromatic hydroxyl groups is 1. The van der Waals surface area contributed by atoms with Crippen molar-refractivity contribution in [2.45, 2.75) is 45.1 Å². The third-order valence-corrected chi connectivity index (χ3v) is 4.82. The molecule has 1 aliphatic rings. The van der Waals surface area contributed by atoms with E-state index in [1.54, 1.807) is 24.3 Å². The molecule has 0 aliphatic heterocycles. The standard InChI is InChI=1S/C18H21ClN2O2/c19-15-8-6-14(7-9-15)18-16(22)12-17(23)21(20-18)11-10-13-4-2-1-3-5-13/h6-9,12-13,22H,1-5,10-11H2. The maximum absolute atomic E-state index is 12.1. The zero-order valence-corrected chi connectivity index (χ0v) is 13.8. The van der Waals surface area contributed by atoms with Gasteiger partial charge in [-0.1, -0.05) is 55.8 Å². The third-order valence-electron chi connectivity index (χ3n) is 4.57. The van der Waals surface area contributed by atoms with Crippen molar-refractivity contribution < 1.29 is 5.11 Å². The Morgan fingerprint density at radius 2 is 1.87 bits per heavy atom. The molecule has 0 saturated heterocycles. The quantitative estimate of drug-likeness (QED) is 0.911. The molecule has 1 fully saturated rings. The lowest BCUT2D eigenvalue weighted by atomic mass is 9.87. The van der Waals surface area contributed by atoms with E-state index in [0.29, 0.717) is 23.2 Å². The molecule has 4 nitrogen and oxygen atoms in total. The Kier molecular flexibility index (Phi) is 5.01. The van der Waals surface area contributed by atoms with Crippen molar-refractivity contribution in [1.82, 2.24) is 9.78 Å². The molecule has 1 N–H and O–H groups in total. The Bertz CT molecular complexity index is 719. The van der Waals surface area contributed by atoms with E-state index < -0.39 is 0 Å². The average Bonchev–Trinajstić information content (AvgIpc) is 2.56. The van der Waals surface area contributed by atoms with Gasteiger partial charge < -0.3 is 5.11 Å². The van der Waals surface area contributed by atoms with Crippen LogP contribution < -0.4 is 5.56 Å². The normalized spacial score (nSPS) is 15.7. The summed E-state index contributed by atoms with van der Waals surface area (Å²) in [6.45, 7) is 0.602. The van der Waals surface area contributed by atoms with Crippen LogP contribution in [0.2, 0.25) is 5.02 Å². The highest BCUT2D eigenvalue weighted by molar-refractivity contribution is 6.30. The second-order valence-corrected chi connectivity index (χ2v) is 6.68. The number of nitrogens with zero attached hydrogens (tertiary/aromatic N) is 2. The van der Waals surface area contributed by atoms with Crippen LogP contribution in [0.25, 0.3) is 11.3 Å². The van der Waals surface area contributed by atoms with Crippen LogP contribution in [0.15, 0.2) is 35.1 Å². The second kappa shape index (κ2) is 7.18. The summed E-state index contributed by atoms with van der Waals surface area (Å²) in [5.41, 5.74) is 0.916. The van der Waals surface area contributed by atoms with Crippen molar-refractivity contribution in [1.29, 1.82) is 0 Å². The van der Waals surface area contributed by atoms with E-state index in [-0.39, 0.29) is 11.3 Å². The molecule has 2 aromatic rings. The first-order valence-corrected chi connectivity index (χ1v) is 8.58. The molecule has 1 aromatic carbocycles. The molecule has 0 unspecified atom stereocenters. The van der Waals surface area contributed by atoms with Crippen LogP contribution in [0.3, 0.4) is 0 Å². The summed E-state index contributed by atoms with van der Waals surface area (Å²) in [5, 5.41) is 15.0. The topological polar surface area (TPSA) is 55.1 Å². The number of hydrogen-bond acceptors (Lipinski definition) is 3. The number of rotatable bonds is 4. The van der Waals surface area contributed by atoms with E-state index in [1.165, 1.54) is 42.9 Å². The van der Waals surface area contributed by atoms with Gasteiger partial charge in [0.05, 0.1) is 0 Å². The smallest absolute Gasteiger partial charge is 0.270 e. The molecule has 1 saturated carbocycles. The van der Waals surface area contributed by atoms with Gasteiger partial charge in [0, 0.05) is 23.2 Å². The monoisotopic (exact) mass is 332 g/mol. The van der Waals surface area contributed by atoms with E-state index in [2.05, 4.69) is 5.10 Å². The molecule has 0 spiro atoms. The molecule has 0 bridgehead atoms. The SMILES string of the molecule is O=c1cc(O)c(-c2ccc(Cl)cc2)nn1CCC1CCCCC1. The van der Waals surface area contributed by atoms with Gasteiger partial charge >= 0.3 is 0 Å². The molecule has 5 heteroatoms. The van der Waals surface area contributed by atoms with Crippen molar-refractivity contribution in [2.75, 3.05) is 0 Å². The molecule has 122 valence electrons. The summed E-state index contributed by atoms with van der Waals surface area (Å²) in [6, 6.07) is 8.32. The molecule has 0 radical (unpaired) electrons. The van der Waals surface area contributed by atoms with E-state index in [1.807, 2.05) is 0 Å². The molecule has 23 heavy (non-hydrogen) atoms. The van der Waals surface area contributed by atoms with Crippen LogP contribution >= 0.6 is 11.6 Å². The van der Waals surface area contributed by atoms with E-state index in [9.17, 15) is 9.90 Å². The van der Waals surface area contributed by atoms with Crippen LogP contribution in [0.4, 0.5) is 0 Å². The maximum atomic E-state index is 12.1. The predicted molar refractivity (Wildman–Crippen MR) is 91.8 cm³/mol. The Hall–Kier alpha value is -1.81. The molecular weight excluding hydrogens is 312 g/mol. The van der Waals surface area contributed by atoms with Gasteiger partial charge in [-0.05, 0) is 24.5 Å². The number of halogens is 1. The highest BCUT2D eigenvalue weighted by Crippen LogP contribution is 2.28. The van der Waals surface area contributed by atoms with E-state index >= 15 is 0 Å². The number of aryl methyl sites for hydroxylation is 1. The van der Waals surface area contributed by atoms with Crippen molar-refractivity contribution in [3.63, 3.8) is 0 Å². The highest BCUT2D eigenvalue weighted by Gasteiger charge is 2.15. The molecule has 1 aliphatic carbocycles. The van der Waals surface area contributed by atoms with Crippen LogP contribution in [0.5, 0.6) is 5.75 Å². The minimum atomic E-state index is -0.254. The molecular formula is C18H21ClN2O2. The fourth-order valence-electron chi connectivity index (χ4n) is 3.24. The minimum Gasteiger partial charge on any atom is -0.505 e. The van der Waals surface area contributed by atoms with Crippen molar-refractivity contribution in [3.05, 3.63) is 45.7 Å². The van der Waals surface area contributed by atoms with Gasteiger partial charge in [-0.15, -0.1) is 0 Å². The minimum absolute atomic E-state index is 0.0914. The number of benzene rings is 1. The van der Waals surface area contributed by atoms with Gasteiger partial charge in [0.1, 0.15) is 11.4 Å². The van der Waals surface area contributed by atoms with E-state index in [0.717, 1.165) is 12.0 Å². The molecule has 3 rings (SSSR count). The fourth-order valence-corrected chi connectivity index (χ4v) is 3.36. The summed E-state index contributed by atoms with van der Waals surface area (Å²) >= 11 is 5.89. The average molecular weight is 333 g/mol. The lowest BCUT2D eigenvalue weighted by molar-refractivity contribution is 0.315. The number of aromatic nitrogens is 2. The first kappa shape index (κ1) is 16.1. The van der Waals surface area contributed by atoms with E-state index in [4.69, 9.17) is 11.6 Å². The first-order valence-electron chi connectivity index (χ1n) is 8.20. The van der Waals surface area contributed by atoms with Crippen molar-refractivity contribution in [2.24, 2.45) is 5.92 Å². The van der Waals surface area contributed by atoms with Crippen molar-refractivity contribution in [3.8, 4) is 17.0 Å². The van der Waals surface area contributed by atoms with Crippen LogP contribution in [0, 0.1) is 5.92 Å². The largest absolute Gasteiger partial charge is 0.505 e. The van der Waals surface area contributed by atoms with Gasteiger partial charge in [0.15, 0.2) is 0 Å². The Balaban J connectivity index is 1.81. The summed E-state index contributed by atoms with van der Waals surface area (Å²) in [6.07, 6.45) is 7.37. The van der Waals surface area contributed by atoms with Crippen LogP contribution in [0.1, 0.15) is 38.5 Å². The Morgan fingerprint density at radius 3 is 2.57 bits per heavy atom. The molecule has 1 heterocycles. The van der Waals surface area contributed by atoms with Crippen molar-refractivity contribution >= 4 is 11.6 Å². The van der Waals surface area contributed by atoms with Gasteiger partial charge in [-0.3, -0.25) is 4.79 Å². The zero-order chi connectivity index (χ0) is 16.2. The summed E-state index contributed by atoms with van der Waals surface area (Å²) < 4.78 is 1.47. The van der Waals surface area contributed by atoms with Crippen LogP contribution in [-0.2, 0) is 6.54 Å². The molecule has 0 amide bonds. The van der Waals surface area contributed by atoms with Crippen LogP contribution in [-0.4, -0.2) is 14.9 Å². The molecule has 0 atom stereocenters. The van der Waals surface area contributed by atoms with Gasteiger partial charge in [0.2, 0.25) is 0 Å². The van der Waals surface area contributed by atoms with Gasteiger partial charge in [-0.25, -0.2) is 4.68 Å². The fraction of sp³-hybridized carbons (Fsp3) is 0.444. The first-order chi connectivity index (χ1) is 11.1. The predicted octanol–water partition coefficient (Wildman–Crippen LogP) is 4.24. The lowest BCUT2D eigenvalue weighted by Crippen LogP contribution is -2.24. The molecule has 1 aromatic heterocycles. The third kappa shape index (κ3) is 3.94. The summed E-state index contributed by atoms with van der Waals surface area (Å²) in [5.74, 6) is 0.594. The Morgan fingerprint density at radius 1 is 1.17 bits per heavy atom. The Labute approximate surface area is 140 Å². The van der Waals surface area contributed by atoms with Gasteiger partial charge in [0.25, 0.3) is 5.56 Å². The highest BCUT2D eigenvalue weighted by atomic mass is 35.5.